The molecule has 0 bridgehead atoms. The Bertz CT molecular complexity index is 739. The van der Waals surface area contributed by atoms with Crippen molar-refractivity contribution in [2.75, 3.05) is 0 Å². The third kappa shape index (κ3) is 3.34. The van der Waals surface area contributed by atoms with Crippen LogP contribution in [0.4, 0.5) is 0 Å². The summed E-state index contributed by atoms with van der Waals surface area (Å²) in [7, 11) is 0. The van der Waals surface area contributed by atoms with Crippen LogP contribution in [0.3, 0.4) is 0 Å². The molecular weight excluding hydrogens is 332 g/mol. The zero-order valence-corrected chi connectivity index (χ0v) is 12.7. The van der Waals surface area contributed by atoms with E-state index in [2.05, 4.69) is 31.1 Å². The fourth-order valence-corrected chi connectivity index (χ4v) is 2.38. The highest BCUT2D eigenvalue weighted by Gasteiger charge is 2.10. The highest BCUT2D eigenvalue weighted by Crippen LogP contribution is 2.17. The second-order valence-electron chi connectivity index (χ2n) is 4.58. The van der Waals surface area contributed by atoms with Gasteiger partial charge in [-0.1, -0.05) is 39.3 Å². The lowest BCUT2D eigenvalue weighted by Gasteiger charge is -1.97. The number of halogens is 1. The molecule has 106 valence electrons. The fraction of sp³-hybridized carbons (Fsp3) is 0.133. The van der Waals surface area contributed by atoms with Crippen molar-refractivity contribution in [3.8, 4) is 11.6 Å². The number of pyridine rings is 1. The summed E-state index contributed by atoms with van der Waals surface area (Å²) in [6.07, 6.45) is 2.33. The van der Waals surface area contributed by atoms with Crippen molar-refractivity contribution in [2.24, 2.45) is 5.73 Å². The van der Waals surface area contributed by atoms with E-state index in [0.29, 0.717) is 30.4 Å². The monoisotopic (exact) mass is 344 g/mol. The maximum atomic E-state index is 5.55. The first-order valence-corrected chi connectivity index (χ1v) is 7.26. The first-order chi connectivity index (χ1) is 10.2. The molecule has 0 unspecified atom stereocenters. The minimum atomic E-state index is 0.420. The third-order valence-corrected chi connectivity index (χ3v) is 3.49. The lowest BCUT2D eigenvalue weighted by atomic mass is 10.1. The minimum absolute atomic E-state index is 0.420. The molecule has 6 heteroatoms. The molecule has 2 aromatic heterocycles. The standard InChI is InChI=1S/C15H13BrN4O/c16-12-3-1-2-10(6-12)7-14-19-15(21-20-14)13-5-4-11(8-17)9-18-13/h1-6,9H,7-8,17H2. The van der Waals surface area contributed by atoms with E-state index in [0.717, 1.165) is 15.6 Å². The van der Waals surface area contributed by atoms with Crippen LogP contribution in [0.25, 0.3) is 11.6 Å². The summed E-state index contributed by atoms with van der Waals surface area (Å²) in [4.78, 5) is 8.64. The van der Waals surface area contributed by atoms with Gasteiger partial charge in [-0.3, -0.25) is 4.98 Å². The molecule has 0 atom stereocenters. The number of hydrogen-bond donors (Lipinski definition) is 1. The average Bonchev–Trinajstić information content (AvgIpc) is 2.96. The topological polar surface area (TPSA) is 77.8 Å². The van der Waals surface area contributed by atoms with Gasteiger partial charge in [-0.15, -0.1) is 0 Å². The molecule has 0 radical (unpaired) electrons. The summed E-state index contributed by atoms with van der Waals surface area (Å²) in [5.41, 5.74) is 8.28. The van der Waals surface area contributed by atoms with Crippen LogP contribution >= 0.6 is 15.9 Å². The van der Waals surface area contributed by atoms with Gasteiger partial charge in [-0.25, -0.2) is 0 Å². The quantitative estimate of drug-likeness (QED) is 0.787. The van der Waals surface area contributed by atoms with Gasteiger partial charge in [0.1, 0.15) is 5.69 Å². The normalized spacial score (nSPS) is 10.8. The van der Waals surface area contributed by atoms with E-state index in [1.807, 2.05) is 36.4 Å². The Kier molecular flexibility index (Phi) is 4.08. The fourth-order valence-electron chi connectivity index (χ4n) is 1.93. The van der Waals surface area contributed by atoms with Crippen LogP contribution in [0, 0.1) is 0 Å². The summed E-state index contributed by atoms with van der Waals surface area (Å²) < 4.78 is 6.29. The first kappa shape index (κ1) is 13.9. The molecule has 0 aliphatic carbocycles. The Morgan fingerprint density at radius 3 is 2.76 bits per heavy atom. The summed E-state index contributed by atoms with van der Waals surface area (Å²) in [6, 6.07) is 11.8. The Morgan fingerprint density at radius 1 is 1.14 bits per heavy atom. The molecule has 2 N–H and O–H groups in total. The summed E-state index contributed by atoms with van der Waals surface area (Å²) in [5, 5.41) is 3.99. The lowest BCUT2D eigenvalue weighted by molar-refractivity contribution is 0.422. The van der Waals surface area contributed by atoms with E-state index in [1.54, 1.807) is 6.20 Å². The highest BCUT2D eigenvalue weighted by molar-refractivity contribution is 9.10. The highest BCUT2D eigenvalue weighted by atomic mass is 79.9. The number of nitrogens with zero attached hydrogens (tertiary/aromatic N) is 3. The van der Waals surface area contributed by atoms with Crippen LogP contribution in [0.15, 0.2) is 51.6 Å². The van der Waals surface area contributed by atoms with Crippen LogP contribution in [0.2, 0.25) is 0 Å². The second kappa shape index (κ2) is 6.15. The molecule has 0 spiro atoms. The van der Waals surface area contributed by atoms with Gasteiger partial charge >= 0.3 is 0 Å². The number of benzene rings is 1. The molecule has 0 aliphatic rings. The van der Waals surface area contributed by atoms with E-state index < -0.39 is 0 Å². The predicted octanol–water partition coefficient (Wildman–Crippen LogP) is 2.94. The number of aromatic nitrogens is 3. The Balaban J connectivity index is 1.79. The number of rotatable bonds is 4. The second-order valence-corrected chi connectivity index (χ2v) is 5.49. The molecule has 0 saturated heterocycles. The summed E-state index contributed by atoms with van der Waals surface area (Å²) >= 11 is 3.45. The lowest BCUT2D eigenvalue weighted by Crippen LogP contribution is -1.97. The van der Waals surface area contributed by atoms with Crippen LogP contribution in [-0.2, 0) is 13.0 Å². The van der Waals surface area contributed by atoms with E-state index in [1.165, 1.54) is 0 Å². The molecule has 5 nitrogen and oxygen atoms in total. The average molecular weight is 345 g/mol. The minimum Gasteiger partial charge on any atom is -0.332 e. The van der Waals surface area contributed by atoms with Gasteiger partial charge in [0.25, 0.3) is 5.89 Å². The Morgan fingerprint density at radius 2 is 2.05 bits per heavy atom. The van der Waals surface area contributed by atoms with E-state index in [9.17, 15) is 0 Å². The van der Waals surface area contributed by atoms with Crippen molar-refractivity contribution in [3.05, 3.63) is 64.0 Å². The van der Waals surface area contributed by atoms with Crippen molar-refractivity contribution >= 4 is 15.9 Å². The molecule has 2 heterocycles. The number of hydrogen-bond acceptors (Lipinski definition) is 5. The van der Waals surface area contributed by atoms with Crippen molar-refractivity contribution in [3.63, 3.8) is 0 Å². The van der Waals surface area contributed by atoms with Crippen molar-refractivity contribution in [2.45, 2.75) is 13.0 Å². The SMILES string of the molecule is NCc1ccc(-c2nc(Cc3cccc(Br)c3)no2)nc1. The van der Waals surface area contributed by atoms with E-state index in [4.69, 9.17) is 10.3 Å². The van der Waals surface area contributed by atoms with Gasteiger partial charge in [0.15, 0.2) is 5.82 Å². The Labute approximate surface area is 130 Å². The van der Waals surface area contributed by atoms with E-state index >= 15 is 0 Å². The smallest absolute Gasteiger partial charge is 0.276 e. The zero-order chi connectivity index (χ0) is 14.7. The molecular formula is C15H13BrN4O. The van der Waals surface area contributed by atoms with Crippen LogP contribution in [0.1, 0.15) is 17.0 Å². The van der Waals surface area contributed by atoms with Gasteiger partial charge in [-0.2, -0.15) is 4.98 Å². The largest absolute Gasteiger partial charge is 0.332 e. The Hall–Kier alpha value is -2.05. The van der Waals surface area contributed by atoms with Gasteiger partial charge < -0.3 is 10.3 Å². The van der Waals surface area contributed by atoms with Gasteiger partial charge in [0, 0.05) is 23.6 Å². The van der Waals surface area contributed by atoms with Gasteiger partial charge in [0.2, 0.25) is 0 Å². The molecule has 3 rings (SSSR count). The number of nitrogens with two attached hydrogens (primary N) is 1. The molecule has 0 aliphatic heterocycles. The molecule has 1 aromatic carbocycles. The zero-order valence-electron chi connectivity index (χ0n) is 11.2. The third-order valence-electron chi connectivity index (χ3n) is 3.00. The molecule has 3 aromatic rings. The molecule has 0 saturated carbocycles. The predicted molar refractivity (Wildman–Crippen MR) is 82.4 cm³/mol. The summed E-state index contributed by atoms with van der Waals surface area (Å²) in [5.74, 6) is 1.05. The maximum Gasteiger partial charge on any atom is 0.276 e. The van der Waals surface area contributed by atoms with Crippen LogP contribution in [0.5, 0.6) is 0 Å². The maximum absolute atomic E-state index is 5.55. The van der Waals surface area contributed by atoms with Gasteiger partial charge in [0.05, 0.1) is 0 Å². The van der Waals surface area contributed by atoms with Crippen LogP contribution in [-0.4, -0.2) is 15.1 Å². The van der Waals surface area contributed by atoms with Crippen molar-refractivity contribution in [1.82, 2.24) is 15.1 Å². The molecule has 0 amide bonds. The molecule has 0 fully saturated rings. The van der Waals surface area contributed by atoms with Crippen LogP contribution < -0.4 is 5.73 Å². The van der Waals surface area contributed by atoms with Crippen molar-refractivity contribution in [1.29, 1.82) is 0 Å². The molecule has 21 heavy (non-hydrogen) atoms. The van der Waals surface area contributed by atoms with Crippen molar-refractivity contribution < 1.29 is 4.52 Å². The van der Waals surface area contributed by atoms with E-state index in [-0.39, 0.29) is 0 Å². The van der Waals surface area contributed by atoms with Gasteiger partial charge in [-0.05, 0) is 29.3 Å². The summed E-state index contributed by atoms with van der Waals surface area (Å²) in [6.45, 7) is 0.464. The first-order valence-electron chi connectivity index (χ1n) is 6.47.